The van der Waals surface area contributed by atoms with Crippen molar-refractivity contribution in [3.63, 3.8) is 0 Å². The number of alkyl halides is 1. The van der Waals surface area contributed by atoms with E-state index in [1.807, 2.05) is 32.0 Å². The summed E-state index contributed by atoms with van der Waals surface area (Å²) in [4.78, 5) is 32.9. The molecule has 7 heteroatoms. The van der Waals surface area contributed by atoms with Gasteiger partial charge in [-0.15, -0.1) is 11.6 Å². The van der Waals surface area contributed by atoms with Gasteiger partial charge in [0.1, 0.15) is 5.82 Å². The second-order valence-electron chi connectivity index (χ2n) is 8.12. The number of hydrogen-bond acceptors (Lipinski definition) is 3. The van der Waals surface area contributed by atoms with Crippen LogP contribution in [0.2, 0.25) is 5.02 Å². The lowest BCUT2D eigenvalue weighted by molar-refractivity contribution is -0.140. The molecule has 158 valence electrons. The van der Waals surface area contributed by atoms with Crippen LogP contribution in [0.4, 0.5) is 0 Å². The minimum absolute atomic E-state index is 0.123. The number of nitrogens with zero attached hydrogens (tertiary/aromatic N) is 3. The van der Waals surface area contributed by atoms with E-state index in [0.717, 1.165) is 5.56 Å². The molecule has 0 aliphatic heterocycles. The molecular weight excluding hydrogens is 421 g/mol. The van der Waals surface area contributed by atoms with Gasteiger partial charge in [0.2, 0.25) is 5.91 Å². The number of amides is 1. The number of fused-ring (bicyclic) bond motifs is 1. The molecule has 30 heavy (non-hydrogen) atoms. The average Bonchev–Trinajstić information content (AvgIpc) is 2.74. The highest BCUT2D eigenvalue weighted by Crippen LogP contribution is 2.29. The zero-order valence-electron chi connectivity index (χ0n) is 17.7. The zero-order valence-corrected chi connectivity index (χ0v) is 19.3. The molecule has 5 nitrogen and oxygen atoms in total. The van der Waals surface area contributed by atoms with E-state index in [4.69, 9.17) is 28.2 Å². The van der Waals surface area contributed by atoms with Crippen molar-refractivity contribution in [1.82, 2.24) is 14.5 Å². The summed E-state index contributed by atoms with van der Waals surface area (Å²) in [6.07, 6.45) is 0. The fourth-order valence-electron chi connectivity index (χ4n) is 3.38. The molecule has 0 bridgehead atoms. The topological polar surface area (TPSA) is 55.2 Å². The summed E-state index contributed by atoms with van der Waals surface area (Å²) in [5, 5.41) is 1.06. The average molecular weight is 446 g/mol. The summed E-state index contributed by atoms with van der Waals surface area (Å²) in [5.41, 5.74) is 1.05. The number of hydrogen-bond donors (Lipinski definition) is 0. The molecule has 0 aliphatic carbocycles. The van der Waals surface area contributed by atoms with Gasteiger partial charge in [0.05, 0.1) is 28.0 Å². The van der Waals surface area contributed by atoms with Crippen LogP contribution in [-0.4, -0.2) is 33.3 Å². The maximum absolute atomic E-state index is 13.5. The van der Waals surface area contributed by atoms with E-state index in [2.05, 4.69) is 0 Å². The molecule has 1 amide bonds. The lowest BCUT2D eigenvalue weighted by Gasteiger charge is -2.33. The second kappa shape index (κ2) is 8.40. The molecule has 1 atom stereocenters. The monoisotopic (exact) mass is 445 g/mol. The van der Waals surface area contributed by atoms with Crippen LogP contribution in [0.5, 0.6) is 0 Å². The lowest BCUT2D eigenvalue weighted by Crippen LogP contribution is -2.42. The Hall–Kier alpha value is -2.37. The van der Waals surface area contributed by atoms with E-state index in [0.29, 0.717) is 27.4 Å². The standard InChI is InChI=1S/C23H25Cl2N3O2/c1-14-17(25)10-8-12-19(14)28-20(15(2)27(5)22(30)23(3,4)13-24)26-18-11-7-6-9-16(18)21(28)29/h6-12,15H,13H2,1-5H3. The highest BCUT2D eigenvalue weighted by molar-refractivity contribution is 6.31. The Morgan fingerprint density at radius 2 is 1.87 bits per heavy atom. The fraction of sp³-hybridized carbons (Fsp3) is 0.348. The predicted octanol–water partition coefficient (Wildman–Crippen LogP) is 5.13. The molecule has 3 rings (SSSR count). The predicted molar refractivity (Wildman–Crippen MR) is 123 cm³/mol. The summed E-state index contributed by atoms with van der Waals surface area (Å²) in [6, 6.07) is 12.1. The summed E-state index contributed by atoms with van der Waals surface area (Å²) >= 11 is 12.4. The number of carbonyl (C=O) groups is 1. The summed E-state index contributed by atoms with van der Waals surface area (Å²) in [7, 11) is 1.71. The van der Waals surface area contributed by atoms with Crippen molar-refractivity contribution < 1.29 is 4.79 Å². The highest BCUT2D eigenvalue weighted by atomic mass is 35.5. The first-order chi connectivity index (χ1) is 14.1. The van der Waals surface area contributed by atoms with Crippen molar-refractivity contribution in [3.8, 4) is 5.69 Å². The molecule has 3 aromatic rings. The molecule has 1 unspecified atom stereocenters. The van der Waals surface area contributed by atoms with Gasteiger partial charge in [-0.3, -0.25) is 14.2 Å². The molecule has 0 radical (unpaired) electrons. The van der Waals surface area contributed by atoms with Crippen molar-refractivity contribution >= 4 is 40.0 Å². The molecule has 1 heterocycles. The van der Waals surface area contributed by atoms with Gasteiger partial charge in [-0.05, 0) is 57.5 Å². The van der Waals surface area contributed by atoms with Crippen molar-refractivity contribution in [1.29, 1.82) is 0 Å². The molecule has 0 spiro atoms. The van der Waals surface area contributed by atoms with Gasteiger partial charge in [-0.1, -0.05) is 29.8 Å². The number of carbonyl (C=O) groups excluding carboxylic acids is 1. The van der Waals surface area contributed by atoms with Gasteiger partial charge in [0, 0.05) is 18.0 Å². The van der Waals surface area contributed by atoms with Crippen LogP contribution in [0.25, 0.3) is 16.6 Å². The quantitative estimate of drug-likeness (QED) is 0.511. The smallest absolute Gasteiger partial charge is 0.266 e. The van der Waals surface area contributed by atoms with Gasteiger partial charge in [0.15, 0.2) is 0 Å². The van der Waals surface area contributed by atoms with Crippen LogP contribution < -0.4 is 5.56 Å². The van der Waals surface area contributed by atoms with Gasteiger partial charge in [0.25, 0.3) is 5.56 Å². The van der Waals surface area contributed by atoms with Crippen LogP contribution in [0.15, 0.2) is 47.3 Å². The third kappa shape index (κ3) is 3.84. The molecule has 0 N–H and O–H groups in total. The minimum atomic E-state index is -0.738. The van der Waals surface area contributed by atoms with Crippen LogP contribution >= 0.6 is 23.2 Å². The zero-order chi connectivity index (χ0) is 22.2. The SMILES string of the molecule is Cc1c(Cl)cccc1-n1c(C(C)N(C)C(=O)C(C)(C)CCl)nc2ccccc2c1=O. The molecular formula is C23H25Cl2N3O2. The van der Waals surface area contributed by atoms with E-state index >= 15 is 0 Å². The van der Waals surface area contributed by atoms with Gasteiger partial charge >= 0.3 is 0 Å². The first-order valence-corrected chi connectivity index (χ1v) is 10.6. The lowest BCUT2D eigenvalue weighted by atomic mass is 9.94. The molecule has 0 saturated heterocycles. The number of para-hydroxylation sites is 1. The summed E-state index contributed by atoms with van der Waals surface area (Å²) in [6.45, 7) is 7.31. The van der Waals surface area contributed by atoms with Gasteiger partial charge < -0.3 is 4.90 Å². The van der Waals surface area contributed by atoms with E-state index in [9.17, 15) is 9.59 Å². The van der Waals surface area contributed by atoms with Crippen LogP contribution in [-0.2, 0) is 4.79 Å². The van der Waals surface area contributed by atoms with E-state index in [1.54, 1.807) is 54.6 Å². The van der Waals surface area contributed by atoms with E-state index in [1.165, 1.54) is 0 Å². The third-order valence-electron chi connectivity index (χ3n) is 5.47. The Bertz CT molecular complexity index is 1170. The molecule has 0 aliphatic rings. The number of benzene rings is 2. The molecule has 2 aromatic carbocycles. The van der Waals surface area contributed by atoms with Crippen molar-refractivity contribution in [3.05, 3.63) is 69.2 Å². The van der Waals surface area contributed by atoms with Crippen molar-refractivity contribution in [2.45, 2.75) is 33.7 Å². The maximum Gasteiger partial charge on any atom is 0.266 e. The second-order valence-corrected chi connectivity index (χ2v) is 8.80. The largest absolute Gasteiger partial charge is 0.335 e. The van der Waals surface area contributed by atoms with E-state index < -0.39 is 11.5 Å². The van der Waals surface area contributed by atoms with Gasteiger partial charge in [-0.2, -0.15) is 0 Å². The number of rotatable bonds is 5. The van der Waals surface area contributed by atoms with Crippen LogP contribution in [0.3, 0.4) is 0 Å². The van der Waals surface area contributed by atoms with Crippen LogP contribution in [0, 0.1) is 12.3 Å². The van der Waals surface area contributed by atoms with Crippen molar-refractivity contribution in [2.75, 3.05) is 12.9 Å². The molecule has 0 saturated carbocycles. The van der Waals surface area contributed by atoms with Crippen molar-refractivity contribution in [2.24, 2.45) is 5.41 Å². The van der Waals surface area contributed by atoms with Crippen LogP contribution in [0.1, 0.15) is 38.2 Å². The first kappa shape index (κ1) is 22.3. The first-order valence-electron chi connectivity index (χ1n) is 9.70. The third-order valence-corrected chi connectivity index (χ3v) is 6.55. The van der Waals surface area contributed by atoms with Gasteiger partial charge in [-0.25, -0.2) is 4.98 Å². The molecule has 0 fully saturated rings. The minimum Gasteiger partial charge on any atom is -0.335 e. The fourth-order valence-corrected chi connectivity index (χ4v) is 3.67. The Kier molecular flexibility index (Phi) is 6.25. The Morgan fingerprint density at radius 1 is 1.20 bits per heavy atom. The Balaban J connectivity index is 2.29. The number of halogens is 2. The Morgan fingerprint density at radius 3 is 2.53 bits per heavy atom. The summed E-state index contributed by atoms with van der Waals surface area (Å²) < 4.78 is 1.56. The highest BCUT2D eigenvalue weighted by Gasteiger charge is 2.33. The number of aromatic nitrogens is 2. The normalized spacial score (nSPS) is 12.8. The maximum atomic E-state index is 13.5. The van der Waals surface area contributed by atoms with E-state index in [-0.39, 0.29) is 17.3 Å². The Labute approximate surface area is 186 Å². The summed E-state index contributed by atoms with van der Waals surface area (Å²) in [5.74, 6) is 0.529. The molecule has 1 aromatic heterocycles.